The number of nitrogens with zero attached hydrogens (tertiary/aromatic N) is 2. The lowest BCUT2D eigenvalue weighted by Crippen LogP contribution is -2.15. The van der Waals surface area contributed by atoms with Gasteiger partial charge in [-0.15, -0.1) is 0 Å². The molecule has 2 N–H and O–H groups in total. The van der Waals surface area contributed by atoms with Crippen LogP contribution >= 0.6 is 11.8 Å². The highest BCUT2D eigenvalue weighted by Crippen LogP contribution is 2.22. The highest BCUT2D eigenvalue weighted by molar-refractivity contribution is 7.99. The van der Waals surface area contributed by atoms with Crippen molar-refractivity contribution in [2.24, 2.45) is 0 Å². The molecular weight excluding hydrogens is 348 g/mol. The highest BCUT2D eigenvalue weighted by Gasteiger charge is 2.14. The molecule has 0 saturated carbocycles. The fourth-order valence-corrected chi connectivity index (χ4v) is 2.52. The van der Waals surface area contributed by atoms with E-state index in [1.54, 1.807) is 19.9 Å². The maximum atomic E-state index is 12.0. The Bertz CT molecular complexity index is 805. The van der Waals surface area contributed by atoms with Crippen molar-refractivity contribution < 1.29 is 19.2 Å². The molecule has 0 bridgehead atoms. The summed E-state index contributed by atoms with van der Waals surface area (Å²) in [5.74, 6) is -0.834. The summed E-state index contributed by atoms with van der Waals surface area (Å²) in [5, 5.41) is 13.8. The van der Waals surface area contributed by atoms with Crippen LogP contribution in [0.15, 0.2) is 29.6 Å². The minimum atomic E-state index is -0.524. The molecule has 2 rings (SSSR count). The number of nitro groups is 1. The topological polar surface area (TPSA) is 127 Å². The molecule has 1 heterocycles. The third kappa shape index (κ3) is 5.05. The quantitative estimate of drug-likeness (QED) is 0.334. The van der Waals surface area contributed by atoms with Crippen molar-refractivity contribution in [1.82, 2.24) is 9.97 Å². The first kappa shape index (κ1) is 18.5. The molecular formula is C15H16N4O5S. The van der Waals surface area contributed by atoms with Gasteiger partial charge in [0.1, 0.15) is 5.69 Å². The van der Waals surface area contributed by atoms with Crippen LogP contribution < -0.4 is 5.32 Å². The van der Waals surface area contributed by atoms with Crippen molar-refractivity contribution in [3.63, 3.8) is 0 Å². The lowest BCUT2D eigenvalue weighted by Gasteiger charge is -2.07. The van der Waals surface area contributed by atoms with Crippen LogP contribution in [0.1, 0.15) is 23.0 Å². The number of H-pyrrole nitrogens is 1. The molecule has 25 heavy (non-hydrogen) atoms. The molecule has 0 saturated heterocycles. The number of carbonyl (C=O) groups is 2. The Morgan fingerprint density at radius 1 is 1.44 bits per heavy atom. The van der Waals surface area contributed by atoms with Gasteiger partial charge in [-0.2, -0.15) is 0 Å². The number of aromatic amines is 1. The second kappa shape index (κ2) is 8.29. The first-order valence-corrected chi connectivity index (χ1v) is 8.29. The molecule has 2 aromatic rings. The zero-order valence-electron chi connectivity index (χ0n) is 13.6. The van der Waals surface area contributed by atoms with Crippen LogP contribution in [0.5, 0.6) is 0 Å². The first-order valence-electron chi connectivity index (χ1n) is 7.30. The number of non-ortho nitro benzene ring substituents is 1. The van der Waals surface area contributed by atoms with Gasteiger partial charge in [0.15, 0.2) is 5.16 Å². The number of ether oxygens (including phenoxy) is 1. The van der Waals surface area contributed by atoms with Crippen LogP contribution in [0.25, 0.3) is 0 Å². The fourth-order valence-electron chi connectivity index (χ4n) is 1.87. The van der Waals surface area contributed by atoms with Crippen LogP contribution in [-0.2, 0) is 9.53 Å². The van der Waals surface area contributed by atoms with E-state index in [-0.39, 0.29) is 29.6 Å². The van der Waals surface area contributed by atoms with Gasteiger partial charge >= 0.3 is 5.97 Å². The third-order valence-corrected chi connectivity index (χ3v) is 3.98. The van der Waals surface area contributed by atoms with E-state index in [0.29, 0.717) is 16.4 Å². The van der Waals surface area contributed by atoms with Crippen molar-refractivity contribution in [1.29, 1.82) is 0 Å². The number of hydrogen-bond donors (Lipinski definition) is 2. The van der Waals surface area contributed by atoms with Gasteiger partial charge in [-0.1, -0.05) is 17.8 Å². The number of thioether (sulfide) groups is 1. The van der Waals surface area contributed by atoms with Gasteiger partial charge in [-0.25, -0.2) is 9.78 Å². The fraction of sp³-hybridized carbons (Fsp3) is 0.267. The van der Waals surface area contributed by atoms with E-state index in [9.17, 15) is 19.7 Å². The summed E-state index contributed by atoms with van der Waals surface area (Å²) in [6, 6.07) is 4.25. The van der Waals surface area contributed by atoms with E-state index in [2.05, 4.69) is 15.3 Å². The van der Waals surface area contributed by atoms with Gasteiger partial charge in [0.25, 0.3) is 5.69 Å². The summed E-state index contributed by atoms with van der Waals surface area (Å²) < 4.78 is 4.84. The molecule has 0 radical (unpaired) electrons. The molecule has 0 atom stereocenters. The number of imidazole rings is 1. The number of nitro benzene ring substituents is 1. The normalized spacial score (nSPS) is 10.3. The Labute approximate surface area is 147 Å². The van der Waals surface area contributed by atoms with E-state index in [0.717, 1.165) is 11.8 Å². The number of rotatable bonds is 7. The molecule has 9 nitrogen and oxygen atoms in total. The molecule has 0 aliphatic heterocycles. The first-order chi connectivity index (χ1) is 11.9. The lowest BCUT2D eigenvalue weighted by atomic mass is 10.2. The van der Waals surface area contributed by atoms with Crippen LogP contribution in [-0.4, -0.2) is 39.1 Å². The van der Waals surface area contributed by atoms with Crippen LogP contribution in [0.2, 0.25) is 0 Å². The number of benzene rings is 1. The highest BCUT2D eigenvalue weighted by atomic mass is 32.2. The largest absolute Gasteiger partial charge is 0.461 e. The molecule has 0 unspecified atom stereocenters. The lowest BCUT2D eigenvalue weighted by molar-refractivity contribution is -0.384. The maximum absolute atomic E-state index is 12.0. The second-order valence-corrected chi connectivity index (χ2v) is 5.88. The van der Waals surface area contributed by atoms with E-state index in [4.69, 9.17) is 4.74 Å². The number of hydrogen-bond acceptors (Lipinski definition) is 7. The van der Waals surface area contributed by atoms with E-state index < -0.39 is 10.9 Å². The van der Waals surface area contributed by atoms with Crippen molar-refractivity contribution in [2.45, 2.75) is 19.0 Å². The summed E-state index contributed by atoms with van der Waals surface area (Å²) >= 11 is 1.10. The molecule has 1 aromatic carbocycles. The van der Waals surface area contributed by atoms with Gasteiger partial charge in [0.05, 0.1) is 29.2 Å². The predicted octanol–water partition coefficient (Wildman–Crippen LogP) is 2.53. The van der Waals surface area contributed by atoms with Gasteiger partial charge < -0.3 is 15.0 Å². The summed E-state index contributed by atoms with van der Waals surface area (Å²) in [6.07, 6.45) is 1.34. The Balaban J connectivity index is 1.94. The molecule has 1 amide bonds. The molecule has 0 aliphatic rings. The Hall–Kier alpha value is -2.88. The summed E-state index contributed by atoms with van der Waals surface area (Å²) in [6.45, 7) is 3.69. The zero-order chi connectivity index (χ0) is 18.4. The molecule has 0 fully saturated rings. The van der Waals surface area contributed by atoms with Gasteiger partial charge in [0, 0.05) is 12.1 Å². The second-order valence-electron chi connectivity index (χ2n) is 4.92. The molecule has 0 spiro atoms. The van der Waals surface area contributed by atoms with Gasteiger partial charge in [0.2, 0.25) is 5.91 Å². The smallest absolute Gasteiger partial charge is 0.356 e. The molecule has 132 valence electrons. The van der Waals surface area contributed by atoms with Crippen molar-refractivity contribution in [3.05, 3.63) is 45.8 Å². The SMILES string of the molecule is CCOC(=O)c1cnc(SCC(=O)Nc2cc([N+](=O)[O-])ccc2C)[nH]1. The Morgan fingerprint density at radius 2 is 2.20 bits per heavy atom. The van der Waals surface area contributed by atoms with Crippen LogP contribution in [0.4, 0.5) is 11.4 Å². The van der Waals surface area contributed by atoms with Crippen LogP contribution in [0, 0.1) is 17.0 Å². The van der Waals surface area contributed by atoms with Crippen molar-refractivity contribution in [2.75, 3.05) is 17.7 Å². The third-order valence-electron chi connectivity index (χ3n) is 3.09. The summed E-state index contributed by atoms with van der Waals surface area (Å²) in [4.78, 5) is 40.6. The number of nitrogens with one attached hydrogen (secondary N) is 2. The molecule has 1 aromatic heterocycles. The Kier molecular flexibility index (Phi) is 6.12. The summed E-state index contributed by atoms with van der Waals surface area (Å²) in [5.41, 5.74) is 1.20. The van der Waals surface area contributed by atoms with Gasteiger partial charge in [-0.05, 0) is 19.4 Å². The Morgan fingerprint density at radius 3 is 2.88 bits per heavy atom. The standard InChI is InChI=1S/C15H16N4O5S/c1-3-24-14(21)12-7-16-15(18-12)25-8-13(20)17-11-6-10(19(22)23)5-4-9(11)2/h4-7H,3,8H2,1-2H3,(H,16,18)(H,17,20). The number of aryl methyl sites for hydroxylation is 1. The number of esters is 1. The number of aromatic nitrogens is 2. The summed E-state index contributed by atoms with van der Waals surface area (Å²) in [7, 11) is 0. The average molecular weight is 364 g/mol. The maximum Gasteiger partial charge on any atom is 0.356 e. The number of carbonyl (C=O) groups excluding carboxylic acids is 2. The monoisotopic (exact) mass is 364 g/mol. The van der Waals surface area contributed by atoms with E-state index >= 15 is 0 Å². The minimum absolute atomic E-state index is 0.0257. The number of anilines is 1. The zero-order valence-corrected chi connectivity index (χ0v) is 14.4. The molecule has 10 heteroatoms. The molecule has 0 aliphatic carbocycles. The van der Waals surface area contributed by atoms with E-state index in [1.165, 1.54) is 18.3 Å². The van der Waals surface area contributed by atoms with Crippen molar-refractivity contribution >= 4 is 35.0 Å². The van der Waals surface area contributed by atoms with Crippen molar-refractivity contribution in [3.8, 4) is 0 Å². The average Bonchev–Trinajstić information content (AvgIpc) is 3.04. The van der Waals surface area contributed by atoms with Gasteiger partial charge in [-0.3, -0.25) is 14.9 Å². The number of amides is 1. The predicted molar refractivity (Wildman–Crippen MR) is 91.7 cm³/mol. The van der Waals surface area contributed by atoms with E-state index in [1.807, 2.05) is 0 Å². The van der Waals surface area contributed by atoms with Crippen LogP contribution in [0.3, 0.4) is 0 Å². The minimum Gasteiger partial charge on any atom is -0.461 e.